The molecule has 0 amide bonds. The number of aromatic nitrogens is 1. The maximum absolute atomic E-state index is 6.25. The van der Waals surface area contributed by atoms with Gasteiger partial charge in [-0.1, -0.05) is 30.3 Å². The second kappa shape index (κ2) is 4.86. The molecule has 3 N–H and O–H groups in total. The predicted molar refractivity (Wildman–Crippen MR) is 86.1 cm³/mol. The molecule has 0 saturated heterocycles. The van der Waals surface area contributed by atoms with E-state index >= 15 is 0 Å². The van der Waals surface area contributed by atoms with Crippen LogP contribution in [0.2, 0.25) is 0 Å². The van der Waals surface area contributed by atoms with E-state index in [1.165, 1.54) is 11.1 Å². The van der Waals surface area contributed by atoms with E-state index in [0.717, 1.165) is 23.0 Å². The molecule has 3 aromatic rings. The molecule has 1 heterocycles. The minimum atomic E-state index is 0.117. The molecule has 2 unspecified atom stereocenters. The van der Waals surface area contributed by atoms with Crippen LogP contribution in [0.1, 0.15) is 29.6 Å². The maximum atomic E-state index is 6.25. The first-order valence-electron chi connectivity index (χ1n) is 7.27. The molecule has 0 aliphatic heterocycles. The van der Waals surface area contributed by atoms with E-state index in [1.54, 1.807) is 0 Å². The molecule has 2 aromatic carbocycles. The summed E-state index contributed by atoms with van der Waals surface area (Å²) in [5, 5.41) is 4.80. The van der Waals surface area contributed by atoms with Gasteiger partial charge < -0.3 is 11.1 Å². The lowest BCUT2D eigenvalue weighted by molar-refractivity contribution is 0.649. The van der Waals surface area contributed by atoms with E-state index in [-0.39, 0.29) is 12.1 Å². The number of nitrogens with zero attached hydrogens (tertiary/aromatic N) is 1. The lowest BCUT2D eigenvalue weighted by Gasteiger charge is -2.17. The zero-order chi connectivity index (χ0) is 14.2. The van der Waals surface area contributed by atoms with Gasteiger partial charge in [-0.05, 0) is 41.8 Å². The summed E-state index contributed by atoms with van der Waals surface area (Å²) >= 11 is 0. The highest BCUT2D eigenvalue weighted by Gasteiger charge is 2.28. The van der Waals surface area contributed by atoms with E-state index in [4.69, 9.17) is 5.73 Å². The van der Waals surface area contributed by atoms with Crippen molar-refractivity contribution in [2.75, 3.05) is 5.32 Å². The Kier molecular flexibility index (Phi) is 2.86. The molecule has 0 bridgehead atoms. The molecule has 3 heteroatoms. The van der Waals surface area contributed by atoms with Gasteiger partial charge >= 0.3 is 0 Å². The molecule has 1 aliphatic rings. The minimum Gasteiger partial charge on any atom is -0.378 e. The maximum Gasteiger partial charge on any atom is 0.0722 e. The fourth-order valence-electron chi connectivity index (χ4n) is 3.23. The lowest BCUT2D eigenvalue weighted by Crippen LogP contribution is -2.10. The highest BCUT2D eigenvalue weighted by atomic mass is 14.9. The van der Waals surface area contributed by atoms with Gasteiger partial charge in [0, 0.05) is 23.3 Å². The third kappa shape index (κ3) is 2.06. The summed E-state index contributed by atoms with van der Waals surface area (Å²) in [6.45, 7) is 0. The van der Waals surface area contributed by atoms with Gasteiger partial charge in [0.2, 0.25) is 0 Å². The topological polar surface area (TPSA) is 50.9 Å². The van der Waals surface area contributed by atoms with E-state index in [2.05, 4.69) is 46.7 Å². The van der Waals surface area contributed by atoms with Gasteiger partial charge in [0.05, 0.1) is 11.6 Å². The molecule has 21 heavy (non-hydrogen) atoms. The molecule has 104 valence electrons. The van der Waals surface area contributed by atoms with E-state index in [0.29, 0.717) is 0 Å². The molecule has 3 nitrogen and oxygen atoms in total. The summed E-state index contributed by atoms with van der Waals surface area (Å²) in [6.07, 6.45) is 2.75. The highest BCUT2D eigenvalue weighted by Crippen LogP contribution is 2.39. The summed E-state index contributed by atoms with van der Waals surface area (Å²) in [5.74, 6) is 0. The van der Waals surface area contributed by atoms with E-state index < -0.39 is 0 Å². The SMILES string of the molecule is NC1CC(Nc2cccc3ncccc23)c2ccccc21. The van der Waals surface area contributed by atoms with Gasteiger partial charge in [0.1, 0.15) is 0 Å². The first-order valence-corrected chi connectivity index (χ1v) is 7.27. The Hall–Kier alpha value is -2.39. The van der Waals surface area contributed by atoms with Crippen molar-refractivity contribution in [3.8, 4) is 0 Å². The van der Waals surface area contributed by atoms with Crippen LogP contribution in [0, 0.1) is 0 Å². The van der Waals surface area contributed by atoms with Crippen LogP contribution < -0.4 is 11.1 Å². The number of fused-ring (bicyclic) bond motifs is 2. The van der Waals surface area contributed by atoms with Crippen molar-refractivity contribution >= 4 is 16.6 Å². The number of nitrogens with two attached hydrogens (primary N) is 1. The molecule has 1 aromatic heterocycles. The van der Waals surface area contributed by atoms with Gasteiger partial charge in [-0.2, -0.15) is 0 Å². The van der Waals surface area contributed by atoms with Crippen molar-refractivity contribution in [2.24, 2.45) is 5.73 Å². The molecule has 0 radical (unpaired) electrons. The standard InChI is InChI=1S/C18H17N3/c19-15-11-18(13-6-2-1-5-12(13)15)21-17-9-3-8-16-14(17)7-4-10-20-16/h1-10,15,18,21H,11,19H2. The average molecular weight is 275 g/mol. The number of hydrogen-bond donors (Lipinski definition) is 2. The van der Waals surface area contributed by atoms with Crippen LogP contribution in [0.3, 0.4) is 0 Å². The zero-order valence-electron chi connectivity index (χ0n) is 11.7. The molecular weight excluding hydrogens is 258 g/mol. The van der Waals surface area contributed by atoms with E-state index in [1.807, 2.05) is 24.4 Å². The molecule has 2 atom stereocenters. The summed E-state index contributed by atoms with van der Waals surface area (Å²) in [7, 11) is 0. The van der Waals surface area contributed by atoms with Crippen molar-refractivity contribution in [2.45, 2.75) is 18.5 Å². The van der Waals surface area contributed by atoms with Crippen molar-refractivity contribution in [3.05, 3.63) is 71.9 Å². The van der Waals surface area contributed by atoms with Crippen LogP contribution in [0.15, 0.2) is 60.8 Å². The fraction of sp³-hybridized carbons (Fsp3) is 0.167. The number of hydrogen-bond acceptors (Lipinski definition) is 3. The van der Waals surface area contributed by atoms with Crippen LogP contribution in [0.5, 0.6) is 0 Å². The van der Waals surface area contributed by atoms with Crippen LogP contribution in [0.4, 0.5) is 5.69 Å². The Morgan fingerprint density at radius 1 is 0.952 bits per heavy atom. The Balaban J connectivity index is 1.73. The average Bonchev–Trinajstić information content (AvgIpc) is 2.85. The number of rotatable bonds is 2. The lowest BCUT2D eigenvalue weighted by atomic mass is 10.1. The molecule has 1 aliphatic carbocycles. The number of nitrogens with one attached hydrogen (secondary N) is 1. The van der Waals surface area contributed by atoms with Crippen molar-refractivity contribution in [3.63, 3.8) is 0 Å². The predicted octanol–water partition coefficient (Wildman–Crippen LogP) is 3.79. The van der Waals surface area contributed by atoms with E-state index in [9.17, 15) is 0 Å². The van der Waals surface area contributed by atoms with Crippen molar-refractivity contribution < 1.29 is 0 Å². The normalized spacial score (nSPS) is 20.4. The van der Waals surface area contributed by atoms with Crippen LogP contribution in [0.25, 0.3) is 10.9 Å². The monoisotopic (exact) mass is 275 g/mol. The quantitative estimate of drug-likeness (QED) is 0.748. The Labute approximate surface area is 123 Å². The highest BCUT2D eigenvalue weighted by molar-refractivity contribution is 5.91. The summed E-state index contributed by atoms with van der Waals surface area (Å²) < 4.78 is 0. The van der Waals surface area contributed by atoms with Crippen molar-refractivity contribution in [1.82, 2.24) is 4.98 Å². The smallest absolute Gasteiger partial charge is 0.0722 e. The molecule has 4 rings (SSSR count). The summed E-state index contributed by atoms with van der Waals surface area (Å²) in [4.78, 5) is 4.41. The van der Waals surface area contributed by atoms with Gasteiger partial charge in [0.15, 0.2) is 0 Å². The third-order valence-electron chi connectivity index (χ3n) is 4.24. The van der Waals surface area contributed by atoms with Crippen molar-refractivity contribution in [1.29, 1.82) is 0 Å². The molecule has 0 fully saturated rings. The number of benzene rings is 2. The number of pyridine rings is 1. The third-order valence-corrected chi connectivity index (χ3v) is 4.24. The van der Waals surface area contributed by atoms with Gasteiger partial charge in [-0.25, -0.2) is 0 Å². The second-order valence-corrected chi connectivity index (χ2v) is 5.54. The first kappa shape index (κ1) is 12.4. The number of anilines is 1. The van der Waals surface area contributed by atoms with Crippen LogP contribution in [-0.2, 0) is 0 Å². The Morgan fingerprint density at radius 3 is 2.71 bits per heavy atom. The Bertz CT molecular complexity index is 792. The van der Waals surface area contributed by atoms with Gasteiger partial charge in [-0.15, -0.1) is 0 Å². The molecule has 0 spiro atoms. The first-order chi connectivity index (χ1) is 10.3. The second-order valence-electron chi connectivity index (χ2n) is 5.54. The van der Waals surface area contributed by atoms with Crippen LogP contribution in [-0.4, -0.2) is 4.98 Å². The molecule has 0 saturated carbocycles. The van der Waals surface area contributed by atoms with Gasteiger partial charge in [-0.3, -0.25) is 4.98 Å². The van der Waals surface area contributed by atoms with Gasteiger partial charge in [0.25, 0.3) is 0 Å². The minimum absolute atomic E-state index is 0.117. The summed E-state index contributed by atoms with van der Waals surface area (Å²) in [5.41, 5.74) is 11.0. The molecular formula is C18H17N3. The summed E-state index contributed by atoms with van der Waals surface area (Å²) in [6, 6.07) is 19.1. The fourth-order valence-corrected chi connectivity index (χ4v) is 3.23. The Morgan fingerprint density at radius 2 is 1.81 bits per heavy atom. The van der Waals surface area contributed by atoms with Crippen LogP contribution >= 0.6 is 0 Å². The zero-order valence-corrected chi connectivity index (χ0v) is 11.7. The largest absolute Gasteiger partial charge is 0.378 e.